The molecule has 4 atom stereocenters. The molecule has 2 heterocycles. The van der Waals surface area contributed by atoms with Crippen molar-refractivity contribution in [3.63, 3.8) is 0 Å². The third-order valence-electron chi connectivity index (χ3n) is 5.21. The first kappa shape index (κ1) is 17.8. The molecular weight excluding hydrogens is 331 g/mol. The van der Waals surface area contributed by atoms with E-state index in [0.29, 0.717) is 30.4 Å². The predicted molar refractivity (Wildman–Crippen MR) is 91.1 cm³/mol. The van der Waals surface area contributed by atoms with Crippen molar-refractivity contribution in [3.8, 4) is 0 Å². The Labute approximate surface area is 147 Å². The molecule has 3 nitrogen and oxygen atoms in total. The summed E-state index contributed by atoms with van der Waals surface area (Å²) < 4.78 is 25.6. The monoisotopic (exact) mass is 354 g/mol. The molecule has 24 heavy (non-hydrogen) atoms. The van der Waals surface area contributed by atoms with Gasteiger partial charge in [0, 0.05) is 18.1 Å². The standard InChI is InChI=1S/C19H24ClFO3/c1-11-3-7-15(23-9-11)13-5-8-16(24-10-13)19(22)14-6-4-12(2)18(21)17(14)20/h4,6,11,13,15-16H,3,5,7-10H2,1-2H3/t11?,13?,15-,16-/m0/s1. The summed E-state index contributed by atoms with van der Waals surface area (Å²) in [4.78, 5) is 12.6. The van der Waals surface area contributed by atoms with Crippen LogP contribution >= 0.6 is 11.6 Å². The number of hydrogen-bond donors (Lipinski definition) is 0. The fourth-order valence-corrected chi connectivity index (χ4v) is 3.86. The van der Waals surface area contributed by atoms with Gasteiger partial charge in [0.2, 0.25) is 0 Å². The molecule has 1 aromatic rings. The van der Waals surface area contributed by atoms with Gasteiger partial charge >= 0.3 is 0 Å². The second-order valence-electron chi connectivity index (χ2n) is 7.14. The van der Waals surface area contributed by atoms with Crippen molar-refractivity contribution in [2.24, 2.45) is 11.8 Å². The zero-order chi connectivity index (χ0) is 17.3. The highest BCUT2D eigenvalue weighted by atomic mass is 35.5. The molecule has 0 aliphatic carbocycles. The summed E-state index contributed by atoms with van der Waals surface area (Å²) in [6.45, 7) is 5.15. The van der Waals surface area contributed by atoms with Gasteiger partial charge in [-0.05, 0) is 50.2 Å². The largest absolute Gasteiger partial charge is 0.378 e. The van der Waals surface area contributed by atoms with Gasteiger partial charge in [0.25, 0.3) is 0 Å². The number of carbonyl (C=O) groups is 1. The van der Waals surface area contributed by atoms with E-state index >= 15 is 0 Å². The molecule has 2 aliphatic heterocycles. The van der Waals surface area contributed by atoms with E-state index in [1.54, 1.807) is 19.1 Å². The van der Waals surface area contributed by atoms with Crippen molar-refractivity contribution in [2.45, 2.75) is 51.7 Å². The topological polar surface area (TPSA) is 35.5 Å². The van der Waals surface area contributed by atoms with Crippen LogP contribution in [-0.2, 0) is 9.47 Å². The van der Waals surface area contributed by atoms with Crippen LogP contribution < -0.4 is 0 Å². The van der Waals surface area contributed by atoms with Gasteiger partial charge in [-0.15, -0.1) is 0 Å². The highest BCUT2D eigenvalue weighted by Gasteiger charge is 2.34. The third-order valence-corrected chi connectivity index (χ3v) is 5.58. The van der Waals surface area contributed by atoms with Crippen LogP contribution in [0.15, 0.2) is 12.1 Å². The SMILES string of the molecule is Cc1ccc(C(=O)[C@@H]2CCC([C@@H]3CCC(C)CO3)CO2)c(Cl)c1F. The molecule has 0 amide bonds. The fourth-order valence-electron chi connectivity index (χ4n) is 3.56. The van der Waals surface area contributed by atoms with Crippen LogP contribution in [0.1, 0.15) is 48.5 Å². The van der Waals surface area contributed by atoms with Crippen molar-refractivity contribution in [1.29, 1.82) is 0 Å². The zero-order valence-electron chi connectivity index (χ0n) is 14.2. The molecule has 132 valence electrons. The van der Waals surface area contributed by atoms with E-state index in [0.717, 1.165) is 19.4 Å². The number of halogens is 2. The number of carbonyl (C=O) groups excluding carboxylic acids is 1. The Morgan fingerprint density at radius 3 is 2.58 bits per heavy atom. The lowest BCUT2D eigenvalue weighted by Crippen LogP contribution is -2.40. The minimum Gasteiger partial charge on any atom is -0.378 e. The summed E-state index contributed by atoms with van der Waals surface area (Å²) in [5.41, 5.74) is 0.649. The van der Waals surface area contributed by atoms with Gasteiger partial charge in [0.15, 0.2) is 5.78 Å². The maximum atomic E-state index is 13.9. The minimum atomic E-state index is -0.539. The molecule has 0 spiro atoms. The molecule has 3 rings (SSSR count). The Kier molecular flexibility index (Phi) is 5.58. The predicted octanol–water partition coefficient (Wildman–Crippen LogP) is 4.58. The summed E-state index contributed by atoms with van der Waals surface area (Å²) in [6.07, 6.45) is 3.46. The van der Waals surface area contributed by atoms with E-state index in [-0.39, 0.29) is 22.5 Å². The Morgan fingerprint density at radius 2 is 1.96 bits per heavy atom. The summed E-state index contributed by atoms with van der Waals surface area (Å²) in [5.74, 6) is 0.210. The second kappa shape index (κ2) is 7.51. The van der Waals surface area contributed by atoms with Crippen LogP contribution in [0.4, 0.5) is 4.39 Å². The molecule has 2 fully saturated rings. The summed E-state index contributed by atoms with van der Waals surface area (Å²) in [5, 5.41) is -0.102. The van der Waals surface area contributed by atoms with Gasteiger partial charge in [0.1, 0.15) is 11.9 Å². The third kappa shape index (κ3) is 3.66. The molecule has 0 aromatic heterocycles. The molecule has 2 unspecified atom stereocenters. The van der Waals surface area contributed by atoms with Gasteiger partial charge in [-0.2, -0.15) is 0 Å². The maximum absolute atomic E-state index is 13.9. The molecule has 2 saturated heterocycles. The van der Waals surface area contributed by atoms with Crippen LogP contribution in [0, 0.1) is 24.6 Å². The van der Waals surface area contributed by atoms with Gasteiger partial charge in [-0.3, -0.25) is 4.79 Å². The fraction of sp³-hybridized carbons (Fsp3) is 0.632. The molecule has 0 radical (unpaired) electrons. The van der Waals surface area contributed by atoms with Crippen molar-refractivity contribution in [1.82, 2.24) is 0 Å². The van der Waals surface area contributed by atoms with Crippen LogP contribution in [0.2, 0.25) is 5.02 Å². The summed E-state index contributed by atoms with van der Waals surface area (Å²) in [7, 11) is 0. The van der Waals surface area contributed by atoms with E-state index in [1.165, 1.54) is 6.42 Å². The number of aryl methyl sites for hydroxylation is 1. The average molecular weight is 355 g/mol. The second-order valence-corrected chi connectivity index (χ2v) is 7.51. The summed E-state index contributed by atoms with van der Waals surface area (Å²) in [6, 6.07) is 3.17. The Morgan fingerprint density at radius 1 is 1.17 bits per heavy atom. The molecule has 1 aromatic carbocycles. The smallest absolute Gasteiger partial charge is 0.193 e. The van der Waals surface area contributed by atoms with Crippen molar-refractivity contribution in [2.75, 3.05) is 13.2 Å². The average Bonchev–Trinajstić information content (AvgIpc) is 2.60. The van der Waals surface area contributed by atoms with Crippen molar-refractivity contribution in [3.05, 3.63) is 34.1 Å². The van der Waals surface area contributed by atoms with E-state index in [1.807, 2.05) is 0 Å². The first-order chi connectivity index (χ1) is 11.5. The lowest BCUT2D eigenvalue weighted by molar-refractivity contribution is -0.0932. The Hall–Kier alpha value is -0.970. The molecule has 0 saturated carbocycles. The van der Waals surface area contributed by atoms with Crippen LogP contribution in [0.3, 0.4) is 0 Å². The maximum Gasteiger partial charge on any atom is 0.193 e. The van der Waals surface area contributed by atoms with Gasteiger partial charge in [-0.1, -0.05) is 24.6 Å². The lowest BCUT2D eigenvalue weighted by Gasteiger charge is -2.36. The van der Waals surface area contributed by atoms with Crippen molar-refractivity contribution < 1.29 is 18.7 Å². The van der Waals surface area contributed by atoms with Gasteiger partial charge in [0.05, 0.1) is 17.7 Å². The van der Waals surface area contributed by atoms with Gasteiger partial charge < -0.3 is 9.47 Å². The Balaban J connectivity index is 1.60. The van der Waals surface area contributed by atoms with E-state index in [4.69, 9.17) is 21.1 Å². The molecule has 0 bridgehead atoms. The molecule has 2 aliphatic rings. The number of ketones is 1. The van der Waals surface area contributed by atoms with Crippen LogP contribution in [-0.4, -0.2) is 31.2 Å². The number of benzene rings is 1. The highest BCUT2D eigenvalue weighted by Crippen LogP contribution is 2.32. The number of rotatable bonds is 3. The molecule has 5 heteroatoms. The number of hydrogen-bond acceptors (Lipinski definition) is 3. The Bertz CT molecular complexity index is 603. The van der Waals surface area contributed by atoms with Gasteiger partial charge in [-0.25, -0.2) is 4.39 Å². The molecular formula is C19H24ClFO3. The van der Waals surface area contributed by atoms with E-state index in [9.17, 15) is 9.18 Å². The molecule has 0 N–H and O–H groups in total. The highest BCUT2D eigenvalue weighted by molar-refractivity contribution is 6.34. The minimum absolute atomic E-state index is 0.102. The zero-order valence-corrected chi connectivity index (χ0v) is 14.9. The number of ether oxygens (including phenoxy) is 2. The summed E-state index contributed by atoms with van der Waals surface area (Å²) >= 11 is 6.01. The first-order valence-electron chi connectivity index (χ1n) is 8.69. The lowest BCUT2D eigenvalue weighted by atomic mass is 9.86. The van der Waals surface area contributed by atoms with Crippen molar-refractivity contribution >= 4 is 17.4 Å². The van der Waals surface area contributed by atoms with E-state index in [2.05, 4.69) is 6.92 Å². The number of Topliss-reactive ketones (excluding diaryl/α,β-unsaturated/α-hetero) is 1. The van der Waals surface area contributed by atoms with Crippen LogP contribution in [0.5, 0.6) is 0 Å². The first-order valence-corrected chi connectivity index (χ1v) is 9.07. The normalized spacial score (nSPS) is 31.0. The quantitative estimate of drug-likeness (QED) is 0.745. The van der Waals surface area contributed by atoms with Crippen LogP contribution in [0.25, 0.3) is 0 Å². The van der Waals surface area contributed by atoms with E-state index < -0.39 is 11.9 Å².